The molecule has 0 spiro atoms. The van der Waals surface area contributed by atoms with E-state index in [2.05, 4.69) is 55.5 Å². The van der Waals surface area contributed by atoms with E-state index in [0.29, 0.717) is 0 Å². The van der Waals surface area contributed by atoms with Crippen molar-refractivity contribution in [1.29, 1.82) is 0 Å². The lowest BCUT2D eigenvalue weighted by Gasteiger charge is -2.12. The molecule has 0 bridgehead atoms. The second kappa shape index (κ2) is 5.95. The van der Waals surface area contributed by atoms with Crippen LogP contribution in [0, 0.1) is 6.92 Å². The van der Waals surface area contributed by atoms with Gasteiger partial charge in [0.25, 0.3) is 0 Å². The zero-order chi connectivity index (χ0) is 13.0. The van der Waals surface area contributed by atoms with E-state index in [-0.39, 0.29) is 0 Å². The number of benzene rings is 2. The van der Waals surface area contributed by atoms with Gasteiger partial charge in [-0.25, -0.2) is 0 Å². The van der Waals surface area contributed by atoms with Crippen molar-refractivity contribution < 1.29 is 8.85 Å². The topological polar surface area (TPSA) is 18.5 Å². The molecule has 0 fully saturated rings. The molecule has 94 valence electrons. The minimum Gasteiger partial charge on any atom is -0.397 e. The molecule has 0 N–H and O–H groups in total. The Labute approximate surface area is 110 Å². The lowest BCUT2D eigenvalue weighted by atomic mass is 10.0. The normalized spacial score (nSPS) is 10.9. The van der Waals surface area contributed by atoms with Crippen molar-refractivity contribution in [1.82, 2.24) is 0 Å². The van der Waals surface area contributed by atoms with Crippen LogP contribution in [0.5, 0.6) is 0 Å². The van der Waals surface area contributed by atoms with Crippen LogP contribution in [0.4, 0.5) is 0 Å². The van der Waals surface area contributed by atoms with Gasteiger partial charge < -0.3 is 8.85 Å². The number of rotatable bonds is 4. The first-order valence-corrected chi connectivity index (χ1v) is 7.50. The maximum Gasteiger partial charge on any atom is 0.355 e. The third-order valence-corrected chi connectivity index (χ3v) is 4.85. The zero-order valence-electron chi connectivity index (χ0n) is 11.0. The van der Waals surface area contributed by atoms with E-state index < -0.39 is 9.28 Å². The summed E-state index contributed by atoms with van der Waals surface area (Å²) >= 11 is 0. The van der Waals surface area contributed by atoms with Crippen LogP contribution in [0.2, 0.25) is 0 Å². The molecule has 0 radical (unpaired) electrons. The molecule has 0 aliphatic heterocycles. The van der Waals surface area contributed by atoms with Gasteiger partial charge in [-0.15, -0.1) is 0 Å². The molecular weight excluding hydrogens is 240 g/mol. The highest BCUT2D eigenvalue weighted by Crippen LogP contribution is 2.21. The van der Waals surface area contributed by atoms with Crippen LogP contribution < -0.4 is 5.19 Å². The summed E-state index contributed by atoms with van der Waals surface area (Å²) in [5.74, 6) is 0. The van der Waals surface area contributed by atoms with Gasteiger partial charge in [0, 0.05) is 14.2 Å². The molecule has 2 nitrogen and oxygen atoms in total. The summed E-state index contributed by atoms with van der Waals surface area (Å²) in [7, 11) is 1.73. The largest absolute Gasteiger partial charge is 0.397 e. The maximum atomic E-state index is 5.37. The van der Waals surface area contributed by atoms with Gasteiger partial charge in [-0.3, -0.25) is 0 Å². The quantitative estimate of drug-likeness (QED) is 0.784. The summed E-state index contributed by atoms with van der Waals surface area (Å²) in [5.41, 5.74) is 3.80. The van der Waals surface area contributed by atoms with Gasteiger partial charge in [0.15, 0.2) is 0 Å². The van der Waals surface area contributed by atoms with Crippen LogP contribution in [0.3, 0.4) is 0 Å². The van der Waals surface area contributed by atoms with Gasteiger partial charge in [-0.05, 0) is 28.8 Å². The summed E-state index contributed by atoms with van der Waals surface area (Å²) in [6.45, 7) is 2.13. The fourth-order valence-corrected chi connectivity index (χ4v) is 3.33. The van der Waals surface area contributed by atoms with Crippen LogP contribution >= 0.6 is 0 Å². The van der Waals surface area contributed by atoms with Gasteiger partial charge in [-0.1, -0.05) is 48.5 Å². The molecule has 2 rings (SSSR count). The van der Waals surface area contributed by atoms with Gasteiger partial charge in [0.1, 0.15) is 0 Å². The number of aryl methyl sites for hydroxylation is 1. The Morgan fingerprint density at radius 2 is 1.44 bits per heavy atom. The van der Waals surface area contributed by atoms with E-state index in [1.807, 2.05) is 0 Å². The average Bonchev–Trinajstić information content (AvgIpc) is 2.42. The fraction of sp³-hybridized carbons (Fsp3) is 0.200. The molecule has 3 heteroatoms. The molecule has 18 heavy (non-hydrogen) atoms. The van der Waals surface area contributed by atoms with Gasteiger partial charge >= 0.3 is 9.28 Å². The molecule has 0 unspecified atom stereocenters. The van der Waals surface area contributed by atoms with Crippen LogP contribution in [-0.2, 0) is 8.85 Å². The molecule has 0 aliphatic carbocycles. The van der Waals surface area contributed by atoms with Gasteiger partial charge in [-0.2, -0.15) is 0 Å². The maximum absolute atomic E-state index is 5.37. The highest BCUT2D eigenvalue weighted by molar-refractivity contribution is 6.61. The zero-order valence-corrected chi connectivity index (χ0v) is 12.2. The van der Waals surface area contributed by atoms with Crippen molar-refractivity contribution in [2.75, 3.05) is 14.2 Å². The summed E-state index contributed by atoms with van der Waals surface area (Å²) < 4.78 is 10.7. The Morgan fingerprint density at radius 1 is 0.833 bits per heavy atom. The van der Waals surface area contributed by atoms with E-state index >= 15 is 0 Å². The SMILES string of the molecule is CO[SiH](OC)c1ccc(-c2ccccc2C)cc1. The molecule has 0 saturated carbocycles. The highest BCUT2D eigenvalue weighted by Gasteiger charge is 2.12. The standard InChI is InChI=1S/C15H18O2Si/c1-12-6-4-5-7-15(12)13-8-10-14(11-9-13)18(16-2)17-3/h4-11,18H,1-3H3. The predicted molar refractivity (Wildman–Crippen MR) is 77.4 cm³/mol. The molecule has 0 atom stereocenters. The fourth-order valence-electron chi connectivity index (χ4n) is 2.08. The van der Waals surface area contributed by atoms with Crippen LogP contribution in [0.1, 0.15) is 5.56 Å². The summed E-state index contributed by atoms with van der Waals surface area (Å²) in [6.07, 6.45) is 0. The minimum atomic E-state index is -1.68. The first-order valence-electron chi connectivity index (χ1n) is 5.98. The molecule has 0 aliphatic rings. The number of hydrogen-bond acceptors (Lipinski definition) is 2. The predicted octanol–water partition coefficient (Wildman–Crippen LogP) is 2.38. The Kier molecular flexibility index (Phi) is 4.31. The smallest absolute Gasteiger partial charge is 0.355 e. The lowest BCUT2D eigenvalue weighted by molar-refractivity contribution is 0.292. The Morgan fingerprint density at radius 3 is 2.00 bits per heavy atom. The van der Waals surface area contributed by atoms with Crippen molar-refractivity contribution in [3.63, 3.8) is 0 Å². The summed E-state index contributed by atoms with van der Waals surface area (Å²) in [5, 5.41) is 1.16. The molecule has 0 saturated heterocycles. The lowest BCUT2D eigenvalue weighted by Crippen LogP contribution is -2.34. The second-order valence-electron chi connectivity index (χ2n) is 4.24. The Balaban J connectivity index is 2.30. The second-order valence-corrected chi connectivity index (χ2v) is 6.51. The molecule has 0 aromatic heterocycles. The Hall–Kier alpha value is -1.42. The molecule has 0 amide bonds. The van der Waals surface area contributed by atoms with Crippen LogP contribution in [0.25, 0.3) is 11.1 Å². The van der Waals surface area contributed by atoms with Crippen LogP contribution in [-0.4, -0.2) is 23.5 Å². The van der Waals surface area contributed by atoms with Crippen molar-refractivity contribution in [2.24, 2.45) is 0 Å². The van der Waals surface area contributed by atoms with Crippen molar-refractivity contribution >= 4 is 14.5 Å². The first-order chi connectivity index (χ1) is 8.76. The average molecular weight is 258 g/mol. The third kappa shape index (κ3) is 2.69. The van der Waals surface area contributed by atoms with Crippen LogP contribution in [0.15, 0.2) is 48.5 Å². The highest BCUT2D eigenvalue weighted by atomic mass is 28.3. The molecule has 2 aromatic carbocycles. The molecule has 0 heterocycles. The molecular formula is C15H18O2Si. The summed E-state index contributed by atoms with van der Waals surface area (Å²) in [6, 6.07) is 16.9. The monoisotopic (exact) mass is 258 g/mol. The molecule has 2 aromatic rings. The van der Waals surface area contributed by atoms with E-state index in [4.69, 9.17) is 8.85 Å². The Bertz CT molecular complexity index is 504. The van der Waals surface area contributed by atoms with E-state index in [9.17, 15) is 0 Å². The van der Waals surface area contributed by atoms with Crippen molar-refractivity contribution in [3.05, 3.63) is 54.1 Å². The van der Waals surface area contributed by atoms with E-state index in [1.165, 1.54) is 16.7 Å². The third-order valence-electron chi connectivity index (χ3n) is 3.07. The van der Waals surface area contributed by atoms with Gasteiger partial charge in [0.05, 0.1) is 0 Å². The van der Waals surface area contributed by atoms with E-state index in [0.717, 1.165) is 5.19 Å². The van der Waals surface area contributed by atoms with E-state index in [1.54, 1.807) is 14.2 Å². The number of hydrogen-bond donors (Lipinski definition) is 0. The summed E-state index contributed by atoms with van der Waals surface area (Å²) in [4.78, 5) is 0. The minimum absolute atomic E-state index is 1.16. The van der Waals surface area contributed by atoms with Crippen molar-refractivity contribution in [3.8, 4) is 11.1 Å². The van der Waals surface area contributed by atoms with Gasteiger partial charge in [0.2, 0.25) is 0 Å². The van der Waals surface area contributed by atoms with Crippen molar-refractivity contribution in [2.45, 2.75) is 6.92 Å². The first kappa shape index (κ1) is 13.0.